The summed E-state index contributed by atoms with van der Waals surface area (Å²) in [5.74, 6) is 1.73. The molecule has 3 heterocycles. The Labute approximate surface area is 177 Å². The molecule has 0 aliphatic carbocycles. The average molecular weight is 407 g/mol. The molecular formula is C24H30N4O2. The summed E-state index contributed by atoms with van der Waals surface area (Å²) in [6, 6.07) is 9.57. The van der Waals surface area contributed by atoms with Crippen LogP contribution in [0.4, 0.5) is 0 Å². The second kappa shape index (κ2) is 8.46. The minimum absolute atomic E-state index is 0.106. The molecule has 1 amide bonds. The first-order valence-corrected chi connectivity index (χ1v) is 10.9. The normalized spacial score (nSPS) is 15.0. The summed E-state index contributed by atoms with van der Waals surface area (Å²) in [7, 11) is 0. The van der Waals surface area contributed by atoms with Crippen LogP contribution in [0.1, 0.15) is 73.5 Å². The third-order valence-electron chi connectivity index (χ3n) is 5.51. The number of nitrogens with one attached hydrogen (secondary N) is 1. The van der Waals surface area contributed by atoms with Crippen molar-refractivity contribution >= 4 is 17.1 Å². The summed E-state index contributed by atoms with van der Waals surface area (Å²) in [6.45, 7) is 8.84. The number of imidazole rings is 1. The van der Waals surface area contributed by atoms with Gasteiger partial charge in [-0.25, -0.2) is 9.97 Å². The number of hydrogen-bond donors (Lipinski definition) is 1. The van der Waals surface area contributed by atoms with E-state index >= 15 is 0 Å². The van der Waals surface area contributed by atoms with Crippen molar-refractivity contribution in [2.45, 2.75) is 72.1 Å². The van der Waals surface area contributed by atoms with Crippen molar-refractivity contribution in [2.24, 2.45) is 0 Å². The number of benzene rings is 1. The van der Waals surface area contributed by atoms with Crippen LogP contribution in [0.3, 0.4) is 0 Å². The number of fused-ring (bicyclic) bond motifs is 3. The number of hydrogen-bond acceptors (Lipinski definition) is 4. The molecule has 0 bridgehead atoms. The lowest BCUT2D eigenvalue weighted by Gasteiger charge is -2.17. The van der Waals surface area contributed by atoms with Crippen molar-refractivity contribution in [3.05, 3.63) is 53.0 Å². The number of ether oxygens (including phenoxy) is 1. The van der Waals surface area contributed by atoms with Crippen LogP contribution in [0.25, 0.3) is 11.2 Å². The molecule has 0 fully saturated rings. The van der Waals surface area contributed by atoms with Gasteiger partial charge in [0.25, 0.3) is 5.91 Å². The number of aryl methyl sites for hydroxylation is 3. The zero-order valence-corrected chi connectivity index (χ0v) is 18.2. The van der Waals surface area contributed by atoms with E-state index in [2.05, 4.69) is 9.88 Å². The van der Waals surface area contributed by atoms with Gasteiger partial charge in [-0.15, -0.1) is 0 Å². The van der Waals surface area contributed by atoms with E-state index in [1.807, 2.05) is 58.0 Å². The summed E-state index contributed by atoms with van der Waals surface area (Å²) in [5.41, 5.74) is 3.97. The van der Waals surface area contributed by atoms with Crippen LogP contribution in [0.2, 0.25) is 0 Å². The highest BCUT2D eigenvalue weighted by molar-refractivity contribution is 6.04. The third kappa shape index (κ3) is 4.18. The number of amides is 1. The van der Waals surface area contributed by atoms with Gasteiger partial charge in [0.05, 0.1) is 17.7 Å². The molecule has 3 aromatic rings. The lowest BCUT2D eigenvalue weighted by Crippen LogP contribution is -2.27. The predicted molar refractivity (Wildman–Crippen MR) is 118 cm³/mol. The van der Waals surface area contributed by atoms with Crippen LogP contribution in [0, 0.1) is 6.92 Å². The summed E-state index contributed by atoms with van der Waals surface area (Å²) in [4.78, 5) is 22.8. The van der Waals surface area contributed by atoms with E-state index in [0.717, 1.165) is 54.3 Å². The first-order valence-electron chi connectivity index (χ1n) is 10.9. The van der Waals surface area contributed by atoms with Gasteiger partial charge < -0.3 is 14.6 Å². The average Bonchev–Trinajstić information content (AvgIpc) is 2.88. The third-order valence-corrected chi connectivity index (χ3v) is 5.51. The first-order chi connectivity index (χ1) is 14.4. The van der Waals surface area contributed by atoms with E-state index in [4.69, 9.17) is 14.7 Å². The van der Waals surface area contributed by atoms with Crippen molar-refractivity contribution < 1.29 is 9.53 Å². The maximum Gasteiger partial charge on any atom is 0.254 e. The fourth-order valence-electron chi connectivity index (χ4n) is 4.08. The van der Waals surface area contributed by atoms with Gasteiger partial charge in [-0.1, -0.05) is 18.6 Å². The molecular weight excluding hydrogens is 376 g/mol. The Morgan fingerprint density at radius 1 is 1.13 bits per heavy atom. The Bertz CT molecular complexity index is 1070. The highest BCUT2D eigenvalue weighted by Gasteiger charge is 2.22. The van der Waals surface area contributed by atoms with E-state index in [9.17, 15) is 4.79 Å². The van der Waals surface area contributed by atoms with E-state index in [1.54, 1.807) is 0 Å². The number of rotatable bonds is 5. The van der Waals surface area contributed by atoms with Gasteiger partial charge in [0.15, 0.2) is 5.65 Å². The fraction of sp³-hybridized carbons (Fsp3) is 0.458. The van der Waals surface area contributed by atoms with Crippen molar-refractivity contribution in [1.29, 1.82) is 0 Å². The van der Waals surface area contributed by atoms with E-state index in [-0.39, 0.29) is 18.1 Å². The van der Waals surface area contributed by atoms with E-state index in [0.29, 0.717) is 11.1 Å². The Balaban J connectivity index is 1.62. The molecule has 30 heavy (non-hydrogen) atoms. The fourth-order valence-corrected chi connectivity index (χ4v) is 4.08. The van der Waals surface area contributed by atoms with Gasteiger partial charge in [-0.3, -0.25) is 4.79 Å². The molecule has 1 aromatic carbocycles. The van der Waals surface area contributed by atoms with E-state index < -0.39 is 0 Å². The molecule has 0 saturated heterocycles. The molecule has 158 valence electrons. The molecule has 0 radical (unpaired) electrons. The largest absolute Gasteiger partial charge is 0.491 e. The monoisotopic (exact) mass is 406 g/mol. The molecule has 0 saturated carbocycles. The van der Waals surface area contributed by atoms with Crippen LogP contribution in [-0.4, -0.2) is 26.5 Å². The molecule has 1 atom stereocenters. The molecule has 6 nitrogen and oxygen atoms in total. The number of aromatic nitrogens is 3. The predicted octanol–water partition coefficient (Wildman–Crippen LogP) is 4.74. The summed E-state index contributed by atoms with van der Waals surface area (Å²) in [6.07, 6.45) is 4.52. The van der Waals surface area contributed by atoms with Crippen molar-refractivity contribution in [1.82, 2.24) is 19.9 Å². The van der Waals surface area contributed by atoms with Crippen LogP contribution < -0.4 is 10.1 Å². The van der Waals surface area contributed by atoms with Crippen LogP contribution in [-0.2, 0) is 13.0 Å². The molecule has 1 aliphatic rings. The van der Waals surface area contributed by atoms with Crippen molar-refractivity contribution in [3.8, 4) is 5.75 Å². The van der Waals surface area contributed by atoms with Gasteiger partial charge in [0.2, 0.25) is 0 Å². The van der Waals surface area contributed by atoms with E-state index in [1.165, 1.54) is 6.42 Å². The highest BCUT2D eigenvalue weighted by Crippen LogP contribution is 2.25. The van der Waals surface area contributed by atoms with Crippen LogP contribution in [0.5, 0.6) is 5.75 Å². The number of carbonyl (C=O) groups excluding carboxylic acids is 1. The maximum atomic E-state index is 13.2. The smallest absolute Gasteiger partial charge is 0.254 e. The maximum absolute atomic E-state index is 13.2. The number of pyridine rings is 1. The summed E-state index contributed by atoms with van der Waals surface area (Å²) >= 11 is 0. The Kier molecular flexibility index (Phi) is 5.75. The molecule has 1 aliphatic heterocycles. The van der Waals surface area contributed by atoms with Crippen LogP contribution in [0.15, 0.2) is 30.3 Å². The number of carbonyl (C=O) groups is 1. The Morgan fingerprint density at radius 3 is 2.77 bits per heavy atom. The Hall–Kier alpha value is -2.89. The minimum atomic E-state index is -0.155. The van der Waals surface area contributed by atoms with Gasteiger partial charge in [-0.05, 0) is 64.3 Å². The highest BCUT2D eigenvalue weighted by atomic mass is 16.5. The SMILES string of the molecule is Cc1cc(C(=O)NC(C)c2cccc(OC(C)C)c2)c2nc3n(c2n1)CCCCC3. The minimum Gasteiger partial charge on any atom is -0.491 e. The van der Waals surface area contributed by atoms with Crippen molar-refractivity contribution in [3.63, 3.8) is 0 Å². The topological polar surface area (TPSA) is 69.0 Å². The molecule has 0 spiro atoms. The van der Waals surface area contributed by atoms with Gasteiger partial charge in [0.1, 0.15) is 17.1 Å². The molecule has 1 unspecified atom stereocenters. The second-order valence-corrected chi connectivity index (χ2v) is 8.41. The first kappa shape index (κ1) is 20.4. The van der Waals surface area contributed by atoms with Gasteiger partial charge >= 0.3 is 0 Å². The quantitative estimate of drug-likeness (QED) is 0.664. The second-order valence-electron chi connectivity index (χ2n) is 8.41. The summed E-state index contributed by atoms with van der Waals surface area (Å²) < 4.78 is 7.99. The molecule has 4 rings (SSSR count). The molecule has 6 heteroatoms. The molecule has 1 N–H and O–H groups in total. The van der Waals surface area contributed by atoms with Gasteiger partial charge in [0, 0.05) is 18.7 Å². The summed E-state index contributed by atoms with van der Waals surface area (Å²) in [5, 5.41) is 3.13. The Morgan fingerprint density at radius 2 is 1.97 bits per heavy atom. The lowest BCUT2D eigenvalue weighted by atomic mass is 10.1. The van der Waals surface area contributed by atoms with Crippen molar-refractivity contribution in [2.75, 3.05) is 0 Å². The number of nitrogens with zero attached hydrogens (tertiary/aromatic N) is 3. The molecule has 2 aromatic heterocycles. The standard InChI is InChI=1S/C24H30N4O2/c1-15(2)30-19-10-8-9-18(14-19)17(4)26-24(29)20-13-16(3)25-23-22(20)27-21-11-6-5-7-12-28(21)23/h8-10,13-15,17H,5-7,11-12H2,1-4H3,(H,26,29). The van der Waals surface area contributed by atoms with Gasteiger partial charge in [-0.2, -0.15) is 0 Å². The lowest BCUT2D eigenvalue weighted by molar-refractivity contribution is 0.0941. The zero-order chi connectivity index (χ0) is 21.3. The zero-order valence-electron chi connectivity index (χ0n) is 18.2. The van der Waals surface area contributed by atoms with Crippen LogP contribution >= 0.6 is 0 Å².